The first-order chi connectivity index (χ1) is 30.1. The lowest BCUT2D eigenvalue weighted by Gasteiger charge is -2.31. The van der Waals surface area contributed by atoms with Gasteiger partial charge in [-0.25, -0.2) is 4.79 Å². The van der Waals surface area contributed by atoms with E-state index < -0.39 is 18.1 Å². The second kappa shape index (κ2) is 45.1. The number of likely N-dealkylation sites (N-methyl/N-ethyl adjacent to an activating group) is 1. The monoisotopic (exact) mass is 875 g/mol. The van der Waals surface area contributed by atoms with Gasteiger partial charge in [0.1, 0.15) is 6.61 Å². The van der Waals surface area contributed by atoms with Crippen LogP contribution < -0.4 is 0 Å². The summed E-state index contributed by atoms with van der Waals surface area (Å²) in [7, 11) is 5.54. The average Bonchev–Trinajstić information content (AvgIpc) is 3.23. The first-order valence-electron chi connectivity index (χ1n) is 26.0. The van der Waals surface area contributed by atoms with E-state index in [1.807, 2.05) is 21.1 Å². The van der Waals surface area contributed by atoms with E-state index >= 15 is 0 Å². The molecule has 1 N–H and O–H groups in total. The number of ether oxygens (including phenoxy) is 3. The van der Waals surface area contributed by atoms with Gasteiger partial charge in [0, 0.05) is 19.3 Å². The van der Waals surface area contributed by atoms with E-state index in [9.17, 15) is 19.5 Å². The first kappa shape index (κ1) is 59.5. The number of aliphatic carboxylic acids is 1. The number of carboxylic acids is 1. The number of unbranched alkanes of at least 4 members (excludes halogenated alkanes) is 27. The van der Waals surface area contributed by atoms with Crippen molar-refractivity contribution < 1.29 is 38.2 Å². The van der Waals surface area contributed by atoms with E-state index in [1.54, 1.807) is 0 Å². The van der Waals surface area contributed by atoms with Crippen LogP contribution in [0.1, 0.15) is 239 Å². The Morgan fingerprint density at radius 1 is 0.500 bits per heavy atom. The number of hydrogen-bond acceptors (Lipinski definition) is 6. The molecular weight excluding hydrogens is 775 g/mol. The largest absolute Gasteiger partial charge is 0.477 e. The molecule has 0 aromatic carbocycles. The van der Waals surface area contributed by atoms with Crippen molar-refractivity contribution in [2.75, 3.05) is 41.0 Å². The molecule has 62 heavy (non-hydrogen) atoms. The summed E-state index contributed by atoms with van der Waals surface area (Å²) in [6.45, 7) is 4.66. The minimum Gasteiger partial charge on any atom is -0.477 e. The van der Waals surface area contributed by atoms with E-state index in [2.05, 4.69) is 50.3 Å². The van der Waals surface area contributed by atoms with E-state index in [0.29, 0.717) is 19.3 Å². The van der Waals surface area contributed by atoms with Crippen LogP contribution in [0.2, 0.25) is 0 Å². The molecule has 0 amide bonds. The number of carboxylic acid groups (broad SMARTS) is 1. The zero-order valence-electron chi connectivity index (χ0n) is 41.3. The van der Waals surface area contributed by atoms with Crippen LogP contribution in [0.15, 0.2) is 36.5 Å². The standard InChI is InChI=1S/C54H99NO7/c1-6-8-10-12-14-16-18-20-22-24-25-26-27-29-31-33-35-37-39-41-43-45-53(57)62-50(48-60-47-46-51(54(58)59)55(3,4)5)49-61-52(56)44-42-40-38-36-34-32-30-28-23-21-19-17-15-13-11-9-7-2/h8,10,14,16,21,23,50-51H,6-7,9,11-13,15,17-20,22,24-49H2,1-5H3/p+1/b10-8+,16-14+,23-21+. The molecule has 8 nitrogen and oxygen atoms in total. The van der Waals surface area contributed by atoms with Gasteiger partial charge in [0.05, 0.1) is 34.4 Å². The molecule has 2 unspecified atom stereocenters. The third-order valence-electron chi connectivity index (χ3n) is 11.8. The first-order valence-corrected chi connectivity index (χ1v) is 26.0. The van der Waals surface area contributed by atoms with Crippen LogP contribution in [0.25, 0.3) is 0 Å². The average molecular weight is 875 g/mol. The summed E-state index contributed by atoms with van der Waals surface area (Å²) in [6, 6.07) is -0.614. The summed E-state index contributed by atoms with van der Waals surface area (Å²) in [5.74, 6) is -1.46. The zero-order valence-corrected chi connectivity index (χ0v) is 41.3. The van der Waals surface area contributed by atoms with Crippen LogP contribution >= 0.6 is 0 Å². The molecule has 362 valence electrons. The molecular formula is C54H100NO7+. The summed E-state index contributed by atoms with van der Waals surface area (Å²) in [5, 5.41) is 9.65. The summed E-state index contributed by atoms with van der Waals surface area (Å²) in [6.07, 6.45) is 53.4. The lowest BCUT2D eigenvalue weighted by molar-refractivity contribution is -0.887. The molecule has 2 atom stereocenters. The van der Waals surface area contributed by atoms with E-state index in [4.69, 9.17) is 14.2 Å². The van der Waals surface area contributed by atoms with Gasteiger partial charge in [0.2, 0.25) is 0 Å². The van der Waals surface area contributed by atoms with Gasteiger partial charge in [0.15, 0.2) is 12.1 Å². The van der Waals surface area contributed by atoms with Crippen LogP contribution in [0.3, 0.4) is 0 Å². The highest BCUT2D eigenvalue weighted by Gasteiger charge is 2.31. The Hall–Kier alpha value is -2.45. The summed E-state index contributed by atoms with van der Waals surface area (Å²) in [5.41, 5.74) is 0. The Morgan fingerprint density at radius 3 is 1.34 bits per heavy atom. The van der Waals surface area contributed by atoms with Crippen molar-refractivity contribution >= 4 is 17.9 Å². The molecule has 0 bridgehead atoms. The fourth-order valence-electron chi connectivity index (χ4n) is 7.77. The van der Waals surface area contributed by atoms with Crippen molar-refractivity contribution in [2.45, 2.75) is 251 Å². The molecule has 0 saturated carbocycles. The van der Waals surface area contributed by atoms with Gasteiger partial charge in [-0.3, -0.25) is 9.59 Å². The number of quaternary nitrogens is 1. The number of rotatable bonds is 47. The predicted octanol–water partition coefficient (Wildman–Crippen LogP) is 15.0. The van der Waals surface area contributed by atoms with Crippen molar-refractivity contribution in [1.29, 1.82) is 0 Å². The Morgan fingerprint density at radius 2 is 0.903 bits per heavy atom. The van der Waals surface area contributed by atoms with E-state index in [0.717, 1.165) is 51.4 Å². The number of nitrogens with zero attached hydrogens (tertiary/aromatic N) is 1. The van der Waals surface area contributed by atoms with Gasteiger partial charge in [-0.05, 0) is 64.2 Å². The molecule has 0 heterocycles. The van der Waals surface area contributed by atoms with Gasteiger partial charge in [-0.1, -0.05) is 192 Å². The lowest BCUT2D eigenvalue weighted by Crippen LogP contribution is -2.50. The normalized spacial score (nSPS) is 13.1. The molecule has 0 aliphatic carbocycles. The maximum absolute atomic E-state index is 12.8. The maximum Gasteiger partial charge on any atom is 0.362 e. The van der Waals surface area contributed by atoms with E-state index in [1.165, 1.54) is 154 Å². The Bertz CT molecular complexity index is 1110. The minimum absolute atomic E-state index is 0.0505. The van der Waals surface area contributed by atoms with Crippen molar-refractivity contribution in [3.63, 3.8) is 0 Å². The number of hydrogen-bond donors (Lipinski definition) is 1. The van der Waals surface area contributed by atoms with Crippen LogP contribution in [-0.4, -0.2) is 80.6 Å². The number of esters is 2. The quantitative estimate of drug-likeness (QED) is 0.0281. The molecule has 0 fully saturated rings. The number of carbonyl (C=O) groups excluding carboxylic acids is 2. The highest BCUT2D eigenvalue weighted by molar-refractivity contribution is 5.72. The van der Waals surface area contributed by atoms with Gasteiger partial charge >= 0.3 is 17.9 Å². The Kier molecular flexibility index (Phi) is 43.3. The smallest absolute Gasteiger partial charge is 0.362 e. The Balaban J connectivity index is 4.21. The SMILES string of the molecule is CC/C=C/C/C=C/CCCCCCCCCCCCCCCCC(=O)OC(COCCC(C(=O)O)[N+](C)(C)C)COC(=O)CCCCCCCCC/C=C/CCCCCCCC. The van der Waals surface area contributed by atoms with Gasteiger partial charge in [0.25, 0.3) is 0 Å². The van der Waals surface area contributed by atoms with Gasteiger partial charge < -0.3 is 23.8 Å². The molecule has 8 heteroatoms. The fourth-order valence-corrected chi connectivity index (χ4v) is 7.77. The Labute approximate surface area is 383 Å². The van der Waals surface area contributed by atoms with Crippen LogP contribution in [-0.2, 0) is 28.6 Å². The van der Waals surface area contributed by atoms with E-state index in [-0.39, 0.29) is 36.2 Å². The molecule has 0 aliphatic rings. The molecule has 0 rings (SSSR count). The lowest BCUT2D eigenvalue weighted by atomic mass is 10.0. The summed E-state index contributed by atoms with van der Waals surface area (Å²) >= 11 is 0. The minimum atomic E-state index is -0.873. The van der Waals surface area contributed by atoms with Crippen molar-refractivity contribution in [3.05, 3.63) is 36.5 Å². The van der Waals surface area contributed by atoms with Crippen molar-refractivity contribution in [2.24, 2.45) is 0 Å². The summed E-state index contributed by atoms with van der Waals surface area (Å²) in [4.78, 5) is 37.2. The third-order valence-corrected chi connectivity index (χ3v) is 11.8. The molecule has 0 spiro atoms. The molecule has 0 aromatic heterocycles. The second-order valence-electron chi connectivity index (χ2n) is 18.7. The number of carbonyl (C=O) groups is 3. The van der Waals surface area contributed by atoms with Gasteiger partial charge in [-0.15, -0.1) is 0 Å². The third kappa shape index (κ3) is 42.8. The topological polar surface area (TPSA) is 99.1 Å². The number of allylic oxidation sites excluding steroid dienone is 6. The molecule has 0 aliphatic heterocycles. The van der Waals surface area contributed by atoms with Crippen LogP contribution in [0.4, 0.5) is 0 Å². The van der Waals surface area contributed by atoms with Crippen LogP contribution in [0, 0.1) is 0 Å². The molecule has 0 radical (unpaired) electrons. The summed E-state index contributed by atoms with van der Waals surface area (Å²) < 4.78 is 17.4. The predicted molar refractivity (Wildman–Crippen MR) is 261 cm³/mol. The molecule has 0 aromatic rings. The fraction of sp³-hybridized carbons (Fsp3) is 0.833. The second-order valence-corrected chi connectivity index (χ2v) is 18.7. The van der Waals surface area contributed by atoms with Crippen molar-refractivity contribution in [1.82, 2.24) is 0 Å². The van der Waals surface area contributed by atoms with Crippen molar-refractivity contribution in [3.8, 4) is 0 Å². The zero-order chi connectivity index (χ0) is 45.6. The molecule has 0 saturated heterocycles. The highest BCUT2D eigenvalue weighted by Crippen LogP contribution is 2.16. The maximum atomic E-state index is 12.8. The highest BCUT2D eigenvalue weighted by atomic mass is 16.6. The van der Waals surface area contributed by atoms with Crippen LogP contribution in [0.5, 0.6) is 0 Å². The van der Waals surface area contributed by atoms with Gasteiger partial charge in [-0.2, -0.15) is 0 Å².